The van der Waals surface area contributed by atoms with E-state index in [9.17, 15) is 4.79 Å². The first-order valence-corrected chi connectivity index (χ1v) is 10.5. The van der Waals surface area contributed by atoms with Crippen LogP contribution in [0.3, 0.4) is 0 Å². The molecule has 0 atom stereocenters. The number of hydrogen-bond donors (Lipinski definition) is 1. The van der Waals surface area contributed by atoms with Crippen LogP contribution >= 0.6 is 11.3 Å². The molecular weight excluding hydrogens is 388 g/mol. The highest BCUT2D eigenvalue weighted by atomic mass is 32.1. The van der Waals surface area contributed by atoms with Crippen LogP contribution in [-0.4, -0.2) is 58.0 Å². The van der Waals surface area contributed by atoms with E-state index in [0.29, 0.717) is 28.3 Å². The Morgan fingerprint density at radius 3 is 2.72 bits per heavy atom. The lowest BCUT2D eigenvalue weighted by atomic mass is 10.2. The Morgan fingerprint density at radius 2 is 2.00 bits per heavy atom. The fraction of sp³-hybridized carbons (Fsp3) is 0.400. The standard InChI is InChI=1S/C20H24N6O2S/c1-13(2)25-7-9-26(10-8-25)17-11-18(22-12-21-17)28-15-5-4-6-16-19(15)24-20(29-16)23-14(3)27/h4-6,11-13H,7-10H2,1-3H3,(H,23,24,27). The summed E-state index contributed by atoms with van der Waals surface area (Å²) >= 11 is 1.41. The molecule has 0 radical (unpaired) electrons. The van der Waals surface area contributed by atoms with Gasteiger partial charge in [-0.05, 0) is 26.0 Å². The van der Waals surface area contributed by atoms with Gasteiger partial charge in [0.25, 0.3) is 0 Å². The second kappa shape index (κ2) is 8.30. The number of amides is 1. The molecule has 8 nitrogen and oxygen atoms in total. The highest BCUT2D eigenvalue weighted by molar-refractivity contribution is 7.22. The Hall–Kier alpha value is -2.78. The molecule has 152 valence electrons. The van der Waals surface area contributed by atoms with E-state index in [4.69, 9.17) is 4.74 Å². The molecule has 1 fully saturated rings. The highest BCUT2D eigenvalue weighted by Crippen LogP contribution is 2.34. The Labute approximate surface area is 173 Å². The van der Waals surface area contributed by atoms with Gasteiger partial charge < -0.3 is 15.0 Å². The Kier molecular flexibility index (Phi) is 5.59. The molecule has 29 heavy (non-hydrogen) atoms. The maximum Gasteiger partial charge on any atom is 0.224 e. The van der Waals surface area contributed by atoms with Gasteiger partial charge >= 0.3 is 0 Å². The lowest BCUT2D eigenvalue weighted by Crippen LogP contribution is -2.49. The molecule has 1 aromatic carbocycles. The van der Waals surface area contributed by atoms with Crippen molar-refractivity contribution in [3.63, 3.8) is 0 Å². The molecule has 0 saturated carbocycles. The second-order valence-corrected chi connectivity index (χ2v) is 8.27. The summed E-state index contributed by atoms with van der Waals surface area (Å²) in [5, 5.41) is 3.28. The van der Waals surface area contributed by atoms with Crippen LogP contribution in [0.25, 0.3) is 10.2 Å². The molecule has 1 amide bonds. The molecule has 1 N–H and O–H groups in total. The first-order valence-electron chi connectivity index (χ1n) is 9.65. The van der Waals surface area contributed by atoms with E-state index < -0.39 is 0 Å². The van der Waals surface area contributed by atoms with Crippen molar-refractivity contribution in [1.29, 1.82) is 0 Å². The van der Waals surface area contributed by atoms with Crippen molar-refractivity contribution in [2.45, 2.75) is 26.8 Å². The first kappa shape index (κ1) is 19.5. The van der Waals surface area contributed by atoms with Gasteiger partial charge in [-0.2, -0.15) is 0 Å². The molecule has 3 aromatic rings. The molecule has 0 spiro atoms. The van der Waals surface area contributed by atoms with Crippen molar-refractivity contribution in [2.24, 2.45) is 0 Å². The number of fused-ring (bicyclic) bond motifs is 1. The quantitative estimate of drug-likeness (QED) is 0.688. The van der Waals surface area contributed by atoms with E-state index in [-0.39, 0.29) is 5.91 Å². The van der Waals surface area contributed by atoms with Gasteiger partial charge in [0.1, 0.15) is 17.7 Å². The number of nitrogens with one attached hydrogen (secondary N) is 1. The topological polar surface area (TPSA) is 83.5 Å². The molecule has 9 heteroatoms. The predicted octanol–water partition coefficient (Wildman–Crippen LogP) is 3.37. The van der Waals surface area contributed by atoms with E-state index in [1.165, 1.54) is 24.6 Å². The third-order valence-electron chi connectivity index (χ3n) is 4.88. The van der Waals surface area contributed by atoms with Gasteiger partial charge in [-0.25, -0.2) is 15.0 Å². The maximum atomic E-state index is 11.3. The Morgan fingerprint density at radius 1 is 1.21 bits per heavy atom. The number of piperazine rings is 1. The molecule has 0 bridgehead atoms. The van der Waals surface area contributed by atoms with Gasteiger partial charge in [-0.1, -0.05) is 17.4 Å². The summed E-state index contributed by atoms with van der Waals surface area (Å²) in [5.74, 6) is 1.79. The molecule has 1 saturated heterocycles. The number of benzene rings is 1. The number of carbonyl (C=O) groups is 1. The summed E-state index contributed by atoms with van der Waals surface area (Å²) in [6, 6.07) is 8.13. The number of hydrogen-bond acceptors (Lipinski definition) is 8. The van der Waals surface area contributed by atoms with E-state index in [1.54, 1.807) is 0 Å². The number of para-hydroxylation sites is 1. The summed E-state index contributed by atoms with van der Waals surface area (Å²) in [6.07, 6.45) is 1.53. The van der Waals surface area contributed by atoms with E-state index >= 15 is 0 Å². The first-order chi connectivity index (χ1) is 14.0. The number of anilines is 2. The highest BCUT2D eigenvalue weighted by Gasteiger charge is 2.20. The van der Waals surface area contributed by atoms with Crippen molar-refractivity contribution in [1.82, 2.24) is 19.9 Å². The van der Waals surface area contributed by atoms with E-state index in [2.05, 4.69) is 43.9 Å². The summed E-state index contributed by atoms with van der Waals surface area (Å²) < 4.78 is 6.98. The van der Waals surface area contributed by atoms with E-state index in [1.807, 2.05) is 24.3 Å². The lowest BCUT2D eigenvalue weighted by molar-refractivity contribution is -0.114. The maximum absolute atomic E-state index is 11.3. The third-order valence-corrected chi connectivity index (χ3v) is 5.81. The Balaban J connectivity index is 1.52. The average molecular weight is 413 g/mol. The van der Waals surface area contributed by atoms with Gasteiger partial charge in [-0.15, -0.1) is 0 Å². The van der Waals surface area contributed by atoms with Gasteiger partial charge in [0.15, 0.2) is 10.9 Å². The number of aromatic nitrogens is 3. The zero-order chi connectivity index (χ0) is 20.4. The van der Waals surface area contributed by atoms with Crippen LogP contribution in [0.15, 0.2) is 30.6 Å². The molecule has 0 unspecified atom stereocenters. The number of thiazole rings is 1. The summed E-state index contributed by atoms with van der Waals surface area (Å²) in [5.41, 5.74) is 0.701. The fourth-order valence-corrected chi connectivity index (χ4v) is 4.28. The zero-order valence-corrected chi connectivity index (χ0v) is 17.6. The van der Waals surface area contributed by atoms with Crippen molar-refractivity contribution < 1.29 is 9.53 Å². The van der Waals surface area contributed by atoms with Crippen LogP contribution in [0.5, 0.6) is 11.6 Å². The van der Waals surface area contributed by atoms with Gasteiger partial charge in [0, 0.05) is 45.2 Å². The van der Waals surface area contributed by atoms with Crippen LogP contribution in [0.2, 0.25) is 0 Å². The van der Waals surface area contributed by atoms with Crippen LogP contribution < -0.4 is 15.0 Å². The normalized spacial score (nSPS) is 15.1. The molecule has 2 aromatic heterocycles. The fourth-order valence-electron chi connectivity index (χ4n) is 3.35. The minimum atomic E-state index is -0.149. The van der Waals surface area contributed by atoms with Crippen molar-refractivity contribution >= 4 is 38.4 Å². The van der Waals surface area contributed by atoms with Gasteiger partial charge in [0.05, 0.1) is 4.70 Å². The average Bonchev–Trinajstić information content (AvgIpc) is 3.11. The van der Waals surface area contributed by atoms with Crippen molar-refractivity contribution in [2.75, 3.05) is 36.4 Å². The number of ether oxygens (including phenoxy) is 1. The molecule has 0 aliphatic carbocycles. The molecule has 1 aliphatic rings. The molecular formula is C20H24N6O2S. The summed E-state index contributed by atoms with van der Waals surface area (Å²) in [7, 11) is 0. The largest absolute Gasteiger partial charge is 0.437 e. The molecule has 4 rings (SSSR count). The Bertz CT molecular complexity index is 1010. The minimum absolute atomic E-state index is 0.149. The molecule has 3 heterocycles. The van der Waals surface area contributed by atoms with Gasteiger partial charge in [-0.3, -0.25) is 9.69 Å². The number of carbonyl (C=O) groups excluding carboxylic acids is 1. The van der Waals surface area contributed by atoms with Crippen molar-refractivity contribution in [3.05, 3.63) is 30.6 Å². The summed E-state index contributed by atoms with van der Waals surface area (Å²) in [4.78, 5) is 29.2. The predicted molar refractivity (Wildman–Crippen MR) is 115 cm³/mol. The SMILES string of the molecule is CC(=O)Nc1nc2c(Oc3cc(N4CCN(C(C)C)CC4)ncn3)cccc2s1. The van der Waals surface area contributed by atoms with Gasteiger partial charge in [0.2, 0.25) is 11.8 Å². The van der Waals surface area contributed by atoms with Crippen LogP contribution in [0.1, 0.15) is 20.8 Å². The second-order valence-electron chi connectivity index (χ2n) is 7.24. The smallest absolute Gasteiger partial charge is 0.224 e. The van der Waals surface area contributed by atoms with E-state index in [0.717, 1.165) is 36.7 Å². The van der Waals surface area contributed by atoms with Crippen LogP contribution in [-0.2, 0) is 4.79 Å². The third kappa shape index (κ3) is 4.46. The monoisotopic (exact) mass is 412 g/mol. The van der Waals surface area contributed by atoms with Crippen molar-refractivity contribution in [3.8, 4) is 11.6 Å². The van der Waals surface area contributed by atoms with Crippen LogP contribution in [0, 0.1) is 0 Å². The zero-order valence-electron chi connectivity index (χ0n) is 16.8. The number of nitrogens with zero attached hydrogens (tertiary/aromatic N) is 5. The lowest BCUT2D eigenvalue weighted by Gasteiger charge is -2.37. The van der Waals surface area contributed by atoms with Crippen LogP contribution in [0.4, 0.5) is 10.9 Å². The summed E-state index contributed by atoms with van der Waals surface area (Å²) in [6.45, 7) is 9.80. The molecule has 1 aliphatic heterocycles. The number of rotatable bonds is 5. The minimum Gasteiger partial charge on any atom is -0.437 e.